The molecule has 1 aliphatic heterocycles. The first-order valence-corrected chi connectivity index (χ1v) is 11.7. The number of anilines is 1. The van der Waals surface area contributed by atoms with Gasteiger partial charge >= 0.3 is 6.03 Å². The van der Waals surface area contributed by atoms with Crippen LogP contribution in [-0.4, -0.2) is 52.2 Å². The maximum Gasteiger partial charge on any atom is 0.323 e. The Morgan fingerprint density at radius 2 is 1.97 bits per heavy atom. The number of fused-ring (bicyclic) bond motifs is 1. The first-order valence-electron chi connectivity index (χ1n) is 10.9. The van der Waals surface area contributed by atoms with E-state index in [2.05, 4.69) is 33.5 Å². The average molecular weight is 471 g/mol. The molecular formula is C25H22N6O2S. The van der Waals surface area contributed by atoms with Crippen LogP contribution >= 0.6 is 11.3 Å². The number of amides is 2. The molecule has 2 aromatic heterocycles. The summed E-state index contributed by atoms with van der Waals surface area (Å²) in [5.74, 6) is 0. The summed E-state index contributed by atoms with van der Waals surface area (Å²) >= 11 is 1.41. The predicted molar refractivity (Wildman–Crippen MR) is 132 cm³/mol. The Balaban J connectivity index is 1.62. The Kier molecular flexibility index (Phi) is 5.92. The van der Waals surface area contributed by atoms with E-state index in [1.807, 2.05) is 32.0 Å². The molecule has 34 heavy (non-hydrogen) atoms. The van der Waals surface area contributed by atoms with Gasteiger partial charge in [-0.1, -0.05) is 23.5 Å². The van der Waals surface area contributed by atoms with Crippen LogP contribution in [0.5, 0.6) is 0 Å². The van der Waals surface area contributed by atoms with Crippen LogP contribution in [0, 0.1) is 25.2 Å². The normalized spacial score (nSPS) is 13.6. The quantitative estimate of drug-likeness (QED) is 0.462. The van der Waals surface area contributed by atoms with E-state index in [0.717, 1.165) is 38.2 Å². The molecule has 1 aliphatic rings. The van der Waals surface area contributed by atoms with Gasteiger partial charge in [-0.2, -0.15) is 5.26 Å². The van der Waals surface area contributed by atoms with Gasteiger partial charge in [-0.05, 0) is 49.2 Å². The largest absolute Gasteiger partial charge is 0.378 e. The molecule has 1 fully saturated rings. The number of benzene rings is 2. The van der Waals surface area contributed by atoms with Crippen molar-refractivity contribution < 1.29 is 9.53 Å². The summed E-state index contributed by atoms with van der Waals surface area (Å²) in [5.41, 5.74) is 5.88. The van der Waals surface area contributed by atoms with Crippen molar-refractivity contribution in [3.63, 3.8) is 0 Å². The highest BCUT2D eigenvalue weighted by atomic mass is 32.1. The van der Waals surface area contributed by atoms with Gasteiger partial charge in [0.2, 0.25) is 0 Å². The lowest BCUT2D eigenvalue weighted by Crippen LogP contribution is -2.43. The van der Waals surface area contributed by atoms with Gasteiger partial charge in [-0.25, -0.2) is 19.7 Å². The van der Waals surface area contributed by atoms with Crippen molar-refractivity contribution in [2.75, 3.05) is 31.6 Å². The number of nitrogens with one attached hydrogen (secondary N) is 1. The van der Waals surface area contributed by atoms with Gasteiger partial charge in [0, 0.05) is 29.7 Å². The van der Waals surface area contributed by atoms with Crippen LogP contribution in [-0.2, 0) is 4.74 Å². The summed E-state index contributed by atoms with van der Waals surface area (Å²) in [6.45, 7) is 6.14. The number of aromatic nitrogens is 3. The lowest BCUT2D eigenvalue weighted by atomic mass is 10.0. The topological polar surface area (TPSA) is 104 Å². The molecule has 0 spiro atoms. The van der Waals surface area contributed by atoms with E-state index >= 15 is 0 Å². The fourth-order valence-corrected chi connectivity index (χ4v) is 5.00. The van der Waals surface area contributed by atoms with Crippen LogP contribution in [0.1, 0.15) is 16.8 Å². The highest BCUT2D eigenvalue weighted by Gasteiger charge is 2.21. The van der Waals surface area contributed by atoms with Gasteiger partial charge in [0.25, 0.3) is 0 Å². The van der Waals surface area contributed by atoms with Crippen LogP contribution < -0.4 is 5.32 Å². The summed E-state index contributed by atoms with van der Waals surface area (Å²) in [7, 11) is 0. The maximum atomic E-state index is 12.8. The van der Waals surface area contributed by atoms with Gasteiger partial charge < -0.3 is 9.64 Å². The molecule has 0 aliphatic carbocycles. The van der Waals surface area contributed by atoms with Gasteiger partial charge in [-0.3, -0.25) is 5.32 Å². The molecule has 170 valence electrons. The van der Waals surface area contributed by atoms with E-state index in [9.17, 15) is 10.1 Å². The Labute approximate surface area is 200 Å². The minimum atomic E-state index is -0.195. The number of urea groups is 1. The van der Waals surface area contributed by atoms with Crippen molar-refractivity contribution in [1.82, 2.24) is 19.9 Å². The second-order valence-corrected chi connectivity index (χ2v) is 9.07. The molecule has 3 heterocycles. The molecule has 5 rings (SSSR count). The van der Waals surface area contributed by atoms with Crippen molar-refractivity contribution in [2.24, 2.45) is 0 Å². The van der Waals surface area contributed by atoms with Gasteiger partial charge in [0.05, 0.1) is 40.9 Å². The number of thiazole rings is 1. The highest BCUT2D eigenvalue weighted by Crippen LogP contribution is 2.41. The molecule has 8 nitrogen and oxygen atoms in total. The highest BCUT2D eigenvalue weighted by molar-refractivity contribution is 7.19. The second kappa shape index (κ2) is 9.17. The number of nitriles is 1. The monoisotopic (exact) mass is 470 g/mol. The standard InChI is InChI=1S/C25H22N6O2S/c1-15-10-19(12-20-16(2)27-14-28-21(15)20)23-22(18-5-3-4-17(11-18)13-26)29-24(34-23)30-25(32)31-6-8-33-9-7-31/h3-5,10-12,14H,6-9H2,1-2H3,(H,29,30,32). The van der Waals surface area contributed by atoms with Crippen LogP contribution in [0.15, 0.2) is 42.7 Å². The van der Waals surface area contributed by atoms with Crippen molar-refractivity contribution in [3.05, 3.63) is 59.5 Å². The van der Waals surface area contributed by atoms with Gasteiger partial charge in [0.15, 0.2) is 5.13 Å². The maximum absolute atomic E-state index is 12.8. The molecule has 1 N–H and O–H groups in total. The molecule has 1 saturated heterocycles. The van der Waals surface area contributed by atoms with E-state index in [-0.39, 0.29) is 6.03 Å². The average Bonchev–Trinajstić information content (AvgIpc) is 3.29. The first-order chi connectivity index (χ1) is 16.5. The third-order valence-corrected chi connectivity index (χ3v) is 6.81. The fraction of sp³-hybridized carbons (Fsp3) is 0.240. The van der Waals surface area contributed by atoms with Crippen LogP contribution in [0.2, 0.25) is 0 Å². The first kappa shape index (κ1) is 21.9. The third-order valence-electron chi connectivity index (χ3n) is 5.80. The van der Waals surface area contributed by atoms with E-state index in [4.69, 9.17) is 9.72 Å². The molecule has 0 unspecified atom stereocenters. The Bertz CT molecular complexity index is 1440. The zero-order valence-electron chi connectivity index (χ0n) is 18.8. The third kappa shape index (κ3) is 4.21. The lowest BCUT2D eigenvalue weighted by molar-refractivity contribution is 0.0564. The Morgan fingerprint density at radius 1 is 1.15 bits per heavy atom. The van der Waals surface area contributed by atoms with Crippen molar-refractivity contribution in [1.29, 1.82) is 5.26 Å². The number of hydrogen-bond donors (Lipinski definition) is 1. The molecule has 4 aromatic rings. The van der Waals surface area contributed by atoms with Crippen molar-refractivity contribution in [2.45, 2.75) is 13.8 Å². The molecule has 9 heteroatoms. The zero-order valence-corrected chi connectivity index (χ0v) is 19.6. The summed E-state index contributed by atoms with van der Waals surface area (Å²) < 4.78 is 5.35. The van der Waals surface area contributed by atoms with Gasteiger partial charge in [-0.15, -0.1) is 0 Å². The molecule has 0 radical (unpaired) electrons. The Hall–Kier alpha value is -3.87. The molecule has 0 saturated carbocycles. The molecular weight excluding hydrogens is 448 g/mol. The van der Waals surface area contributed by atoms with E-state index in [1.54, 1.807) is 17.3 Å². The van der Waals surface area contributed by atoms with Crippen molar-refractivity contribution >= 4 is 33.4 Å². The molecule has 2 aromatic carbocycles. The van der Waals surface area contributed by atoms with E-state index in [1.165, 1.54) is 11.3 Å². The molecule has 0 bridgehead atoms. The van der Waals surface area contributed by atoms with Crippen molar-refractivity contribution in [3.8, 4) is 27.8 Å². The number of morpholine rings is 1. The summed E-state index contributed by atoms with van der Waals surface area (Å²) in [6.07, 6.45) is 1.58. The van der Waals surface area contributed by atoms with E-state index < -0.39 is 0 Å². The Morgan fingerprint density at radius 3 is 2.76 bits per heavy atom. The van der Waals surface area contributed by atoms with Crippen LogP contribution in [0.25, 0.3) is 32.6 Å². The fourth-order valence-electron chi connectivity index (χ4n) is 4.04. The van der Waals surface area contributed by atoms with E-state index in [0.29, 0.717) is 42.7 Å². The number of hydrogen-bond acceptors (Lipinski definition) is 7. The summed E-state index contributed by atoms with van der Waals surface area (Å²) in [5, 5.41) is 13.8. The van der Waals surface area contributed by atoms with Gasteiger partial charge in [0.1, 0.15) is 6.33 Å². The minimum Gasteiger partial charge on any atom is -0.378 e. The molecule has 0 atom stereocenters. The summed E-state index contributed by atoms with van der Waals surface area (Å²) in [4.78, 5) is 29.0. The number of nitrogens with zero attached hydrogens (tertiary/aromatic N) is 5. The number of ether oxygens (including phenoxy) is 1. The SMILES string of the molecule is Cc1ncnc2c(C)cc(-c3sc(NC(=O)N4CCOCC4)nc3-c3cccc(C#N)c3)cc12. The minimum absolute atomic E-state index is 0.195. The zero-order chi connectivity index (χ0) is 23.7. The smallest absolute Gasteiger partial charge is 0.323 e. The van der Waals surface area contributed by atoms with Crippen LogP contribution in [0.4, 0.5) is 9.93 Å². The number of aryl methyl sites for hydroxylation is 2. The lowest BCUT2D eigenvalue weighted by Gasteiger charge is -2.26. The van der Waals surface area contributed by atoms with Crippen LogP contribution in [0.3, 0.4) is 0 Å². The molecule has 2 amide bonds. The number of rotatable bonds is 3. The number of carbonyl (C=O) groups excluding carboxylic acids is 1. The predicted octanol–water partition coefficient (Wildman–Crippen LogP) is 4.77. The summed E-state index contributed by atoms with van der Waals surface area (Å²) in [6, 6.07) is 13.5. The second-order valence-electron chi connectivity index (χ2n) is 8.07. The number of carbonyl (C=O) groups is 1.